The van der Waals surface area contributed by atoms with Gasteiger partial charge in [-0.25, -0.2) is 0 Å². The fourth-order valence-corrected chi connectivity index (χ4v) is 0.687. The smallest absolute Gasteiger partial charge is 0.158 e. The van der Waals surface area contributed by atoms with Crippen molar-refractivity contribution in [1.82, 2.24) is 0 Å². The van der Waals surface area contributed by atoms with Crippen molar-refractivity contribution >= 4 is 13.5 Å². The highest BCUT2D eigenvalue weighted by atomic mass is 14.7. The molecule has 0 aromatic heterocycles. The van der Waals surface area contributed by atoms with Crippen molar-refractivity contribution in [2.45, 2.75) is 34.1 Å². The molecule has 56 valence electrons. The van der Waals surface area contributed by atoms with Crippen molar-refractivity contribution in [3.63, 3.8) is 0 Å². The molecule has 0 aliphatic rings. The van der Waals surface area contributed by atoms with Crippen LogP contribution in [0, 0.1) is 0 Å². The summed E-state index contributed by atoms with van der Waals surface area (Å²) in [4.78, 5) is 4.34. The first-order valence-corrected chi connectivity index (χ1v) is 3.76. The van der Waals surface area contributed by atoms with Crippen LogP contribution in [0.2, 0.25) is 0 Å². The second-order valence-electron chi connectivity index (χ2n) is 2.78. The van der Waals surface area contributed by atoms with Gasteiger partial charge >= 0.3 is 0 Å². The van der Waals surface area contributed by atoms with Gasteiger partial charge in [-0.3, -0.25) is 4.99 Å². The topological polar surface area (TPSA) is 12.4 Å². The molecule has 0 aliphatic heterocycles. The number of allylic oxidation sites excluding steroid dienone is 2. The van der Waals surface area contributed by atoms with Crippen LogP contribution in [0.25, 0.3) is 0 Å². The molecule has 0 radical (unpaired) electrons. The summed E-state index contributed by atoms with van der Waals surface area (Å²) < 4.78 is 0. The van der Waals surface area contributed by atoms with Crippen LogP contribution in [-0.2, 0) is 0 Å². The van der Waals surface area contributed by atoms with Crippen LogP contribution in [0.3, 0.4) is 0 Å². The molecule has 10 heavy (non-hydrogen) atoms. The first-order chi connectivity index (χ1) is 4.57. The highest BCUT2D eigenvalue weighted by Crippen LogP contribution is 2.07. The second-order valence-corrected chi connectivity index (χ2v) is 2.78. The minimum atomic E-state index is 1.10. The zero-order chi connectivity index (χ0) is 8.15. The van der Waals surface area contributed by atoms with Crippen LogP contribution in [0.15, 0.2) is 16.3 Å². The van der Waals surface area contributed by atoms with Crippen LogP contribution in [0.4, 0.5) is 0 Å². The van der Waals surface area contributed by atoms with E-state index in [2.05, 4.69) is 25.8 Å². The van der Waals surface area contributed by atoms with Crippen LogP contribution < -0.4 is 0 Å². The molecule has 0 spiro atoms. The van der Waals surface area contributed by atoms with Crippen LogP contribution >= 0.6 is 0 Å². The Labute approximate surface area is 64.7 Å². The van der Waals surface area contributed by atoms with Gasteiger partial charge in [-0.05, 0) is 32.8 Å². The van der Waals surface area contributed by atoms with E-state index in [4.69, 9.17) is 0 Å². The average molecular weight is 137 g/mol. The SMILES string of the molecule is B/C(C)=N/C(C)=C(/C)CC. The number of nitrogens with zero attached hydrogens (tertiary/aromatic N) is 1. The Morgan fingerprint density at radius 1 is 1.30 bits per heavy atom. The number of hydrogen-bond acceptors (Lipinski definition) is 1. The summed E-state index contributed by atoms with van der Waals surface area (Å²) >= 11 is 0. The van der Waals surface area contributed by atoms with E-state index in [1.54, 1.807) is 0 Å². The van der Waals surface area contributed by atoms with Crippen LogP contribution in [-0.4, -0.2) is 13.5 Å². The Morgan fingerprint density at radius 2 is 1.80 bits per heavy atom. The largest absolute Gasteiger partial charge is 0.274 e. The predicted octanol–water partition coefficient (Wildman–Crippen LogP) is 1.74. The summed E-state index contributed by atoms with van der Waals surface area (Å²) in [6.45, 7) is 8.36. The number of hydrogen-bond donors (Lipinski definition) is 0. The lowest BCUT2D eigenvalue weighted by Gasteiger charge is -1.99. The summed E-state index contributed by atoms with van der Waals surface area (Å²) in [5.41, 5.74) is 3.68. The molecule has 2 heteroatoms. The molecule has 1 nitrogen and oxygen atoms in total. The average Bonchev–Trinajstić information content (AvgIpc) is 1.85. The predicted molar refractivity (Wildman–Crippen MR) is 50.3 cm³/mol. The molecule has 0 bridgehead atoms. The zero-order valence-corrected chi connectivity index (χ0v) is 7.65. The minimum Gasteiger partial charge on any atom is -0.274 e. The van der Waals surface area contributed by atoms with E-state index >= 15 is 0 Å². The van der Waals surface area contributed by atoms with Crippen molar-refractivity contribution in [3.05, 3.63) is 11.3 Å². The fraction of sp³-hybridized carbons (Fsp3) is 0.625. The van der Waals surface area contributed by atoms with Crippen molar-refractivity contribution < 1.29 is 0 Å². The molecule has 0 fully saturated rings. The maximum absolute atomic E-state index is 4.34. The molecule has 0 heterocycles. The van der Waals surface area contributed by atoms with Crippen molar-refractivity contribution in [2.24, 2.45) is 4.99 Å². The highest BCUT2D eigenvalue weighted by Gasteiger charge is 1.90. The quantitative estimate of drug-likeness (QED) is 0.406. The van der Waals surface area contributed by atoms with E-state index < -0.39 is 0 Å². The molecule has 0 saturated carbocycles. The Morgan fingerprint density at radius 3 is 2.10 bits per heavy atom. The number of rotatable bonds is 2. The summed E-state index contributed by atoms with van der Waals surface area (Å²) in [5, 5.41) is 0. The van der Waals surface area contributed by atoms with Gasteiger partial charge in [0.2, 0.25) is 0 Å². The molecule has 0 rings (SSSR count). The molecule has 0 saturated heterocycles. The molecular weight excluding hydrogens is 121 g/mol. The van der Waals surface area contributed by atoms with E-state index in [1.165, 1.54) is 11.3 Å². The molecule has 0 unspecified atom stereocenters. The Balaban J connectivity index is 4.33. The van der Waals surface area contributed by atoms with Gasteiger partial charge in [-0.2, -0.15) is 0 Å². The maximum atomic E-state index is 4.34. The van der Waals surface area contributed by atoms with Gasteiger partial charge in [-0.15, -0.1) is 0 Å². The standard InChI is InChI=1S/C8H16BN/c1-5-6(2)7(3)10-8(4)9/h5,9H2,1-4H3/b7-6-,10-8+. The molecule has 0 amide bonds. The highest BCUT2D eigenvalue weighted by molar-refractivity contribution is 6.59. The summed E-state index contributed by atoms with van der Waals surface area (Å²) in [5.74, 6) is 0. The van der Waals surface area contributed by atoms with Gasteiger partial charge in [0.25, 0.3) is 0 Å². The molecule has 0 aromatic carbocycles. The summed E-state index contributed by atoms with van der Waals surface area (Å²) in [6.07, 6.45) is 1.10. The van der Waals surface area contributed by atoms with Crippen molar-refractivity contribution in [2.75, 3.05) is 0 Å². The van der Waals surface area contributed by atoms with Gasteiger partial charge in [0, 0.05) is 5.70 Å². The first kappa shape index (κ1) is 9.47. The van der Waals surface area contributed by atoms with Gasteiger partial charge in [0.15, 0.2) is 7.85 Å². The van der Waals surface area contributed by atoms with Gasteiger partial charge < -0.3 is 0 Å². The minimum absolute atomic E-state index is 1.10. The Hall–Kier alpha value is -0.525. The monoisotopic (exact) mass is 137 g/mol. The fourth-order valence-electron chi connectivity index (χ4n) is 0.687. The van der Waals surface area contributed by atoms with E-state index in [-0.39, 0.29) is 0 Å². The first-order valence-electron chi connectivity index (χ1n) is 3.76. The summed E-state index contributed by atoms with van der Waals surface area (Å²) in [6, 6.07) is 0. The normalized spacial score (nSPS) is 15.0. The number of aliphatic imine (C=N–C) groups is 1. The molecular formula is C8H16BN. The van der Waals surface area contributed by atoms with Crippen molar-refractivity contribution in [1.29, 1.82) is 0 Å². The zero-order valence-electron chi connectivity index (χ0n) is 7.65. The maximum Gasteiger partial charge on any atom is 0.158 e. The lowest BCUT2D eigenvalue weighted by Crippen LogP contribution is -1.89. The van der Waals surface area contributed by atoms with Crippen molar-refractivity contribution in [3.8, 4) is 0 Å². The lowest BCUT2D eigenvalue weighted by molar-refractivity contribution is 1.04. The molecule has 0 atom stereocenters. The van der Waals surface area contributed by atoms with E-state index in [0.29, 0.717) is 0 Å². The van der Waals surface area contributed by atoms with E-state index in [1.807, 2.05) is 14.8 Å². The lowest BCUT2D eigenvalue weighted by atomic mass is 10.0. The van der Waals surface area contributed by atoms with Gasteiger partial charge in [-0.1, -0.05) is 12.5 Å². The Kier molecular flexibility index (Phi) is 4.09. The summed E-state index contributed by atoms with van der Waals surface area (Å²) in [7, 11) is 2.02. The molecule has 0 aliphatic carbocycles. The van der Waals surface area contributed by atoms with Crippen LogP contribution in [0.5, 0.6) is 0 Å². The van der Waals surface area contributed by atoms with Gasteiger partial charge in [0.1, 0.15) is 0 Å². The second kappa shape index (κ2) is 4.32. The van der Waals surface area contributed by atoms with Gasteiger partial charge in [0.05, 0.1) is 0 Å². The van der Waals surface area contributed by atoms with E-state index in [9.17, 15) is 0 Å². The van der Waals surface area contributed by atoms with E-state index in [0.717, 1.165) is 12.0 Å². The third-order valence-electron chi connectivity index (χ3n) is 1.54. The van der Waals surface area contributed by atoms with Crippen LogP contribution in [0.1, 0.15) is 34.1 Å². The molecule has 0 aromatic rings. The Bertz CT molecular complexity index is 164. The third kappa shape index (κ3) is 3.49. The molecule has 0 N–H and O–H groups in total. The third-order valence-corrected chi connectivity index (χ3v) is 1.54.